The summed E-state index contributed by atoms with van der Waals surface area (Å²) >= 11 is 1.67. The molecular formula is C9H9NOS. The zero-order valence-corrected chi connectivity index (χ0v) is 7.25. The van der Waals surface area contributed by atoms with E-state index in [1.54, 1.807) is 17.6 Å². The van der Waals surface area contributed by atoms with E-state index in [1.807, 2.05) is 29.7 Å². The van der Waals surface area contributed by atoms with Crippen molar-refractivity contribution in [2.75, 3.05) is 0 Å². The number of thiophene rings is 1. The molecule has 2 rings (SSSR count). The highest BCUT2D eigenvalue weighted by Gasteiger charge is 2.13. The molecular weight excluding hydrogens is 170 g/mol. The van der Waals surface area contributed by atoms with E-state index in [2.05, 4.69) is 0 Å². The van der Waals surface area contributed by atoms with Gasteiger partial charge in [0.15, 0.2) is 6.23 Å². The van der Waals surface area contributed by atoms with Crippen molar-refractivity contribution in [3.05, 3.63) is 40.8 Å². The van der Waals surface area contributed by atoms with Crippen LogP contribution in [0, 0.1) is 0 Å². The third-order valence-corrected chi connectivity index (χ3v) is 2.61. The first-order valence-corrected chi connectivity index (χ1v) is 4.57. The zero-order valence-electron chi connectivity index (χ0n) is 6.44. The lowest BCUT2D eigenvalue weighted by atomic mass is 10.1. The monoisotopic (exact) mass is 179 g/mol. The average molecular weight is 179 g/mol. The maximum atomic E-state index is 5.74. The molecule has 2 heterocycles. The third-order valence-electron chi connectivity index (χ3n) is 1.69. The molecule has 0 aromatic carbocycles. The Morgan fingerprint density at radius 2 is 2.42 bits per heavy atom. The van der Waals surface area contributed by atoms with Crippen molar-refractivity contribution in [2.24, 2.45) is 5.73 Å². The first-order valence-electron chi connectivity index (χ1n) is 3.69. The van der Waals surface area contributed by atoms with Gasteiger partial charge in [-0.3, -0.25) is 5.73 Å². The van der Waals surface area contributed by atoms with Crippen LogP contribution >= 0.6 is 11.3 Å². The Morgan fingerprint density at radius 1 is 1.50 bits per heavy atom. The molecule has 0 saturated heterocycles. The van der Waals surface area contributed by atoms with Crippen molar-refractivity contribution in [1.82, 2.24) is 0 Å². The zero-order chi connectivity index (χ0) is 8.39. The summed E-state index contributed by atoms with van der Waals surface area (Å²) in [5, 5.41) is 2.03. The van der Waals surface area contributed by atoms with Gasteiger partial charge in [0.05, 0.1) is 6.26 Å². The fourth-order valence-electron chi connectivity index (χ4n) is 1.11. The molecule has 1 aliphatic heterocycles. The maximum Gasteiger partial charge on any atom is 0.174 e. The van der Waals surface area contributed by atoms with Gasteiger partial charge >= 0.3 is 0 Å². The highest BCUT2D eigenvalue weighted by atomic mass is 32.1. The molecule has 1 unspecified atom stereocenters. The van der Waals surface area contributed by atoms with E-state index < -0.39 is 0 Å². The number of hydrogen-bond acceptors (Lipinski definition) is 3. The van der Waals surface area contributed by atoms with Crippen molar-refractivity contribution in [3.8, 4) is 0 Å². The van der Waals surface area contributed by atoms with Crippen LogP contribution in [0.4, 0.5) is 0 Å². The van der Waals surface area contributed by atoms with Gasteiger partial charge in [-0.05, 0) is 23.6 Å². The van der Waals surface area contributed by atoms with Crippen molar-refractivity contribution >= 4 is 16.9 Å². The van der Waals surface area contributed by atoms with Gasteiger partial charge in [-0.25, -0.2) is 0 Å². The smallest absolute Gasteiger partial charge is 0.174 e. The van der Waals surface area contributed by atoms with E-state index in [1.165, 1.54) is 4.88 Å². The second kappa shape index (κ2) is 3.13. The highest BCUT2D eigenvalue weighted by Crippen LogP contribution is 2.24. The summed E-state index contributed by atoms with van der Waals surface area (Å²) < 4.78 is 5.15. The normalized spacial score (nSPS) is 21.8. The van der Waals surface area contributed by atoms with Crippen molar-refractivity contribution in [2.45, 2.75) is 6.23 Å². The van der Waals surface area contributed by atoms with Gasteiger partial charge in [0.1, 0.15) is 0 Å². The SMILES string of the molecule is NC1OC=CC=C1c1cccs1. The second-order valence-corrected chi connectivity index (χ2v) is 3.43. The lowest BCUT2D eigenvalue weighted by Gasteiger charge is -2.16. The van der Waals surface area contributed by atoms with Crippen LogP contribution in [0.15, 0.2) is 35.9 Å². The summed E-state index contributed by atoms with van der Waals surface area (Å²) in [7, 11) is 0. The summed E-state index contributed by atoms with van der Waals surface area (Å²) in [6.45, 7) is 0. The Bertz CT molecular complexity index is 313. The fraction of sp³-hybridized carbons (Fsp3) is 0.111. The van der Waals surface area contributed by atoms with E-state index in [4.69, 9.17) is 10.5 Å². The topological polar surface area (TPSA) is 35.2 Å². The Hall–Kier alpha value is -1.06. The van der Waals surface area contributed by atoms with Crippen LogP contribution in [0.3, 0.4) is 0 Å². The summed E-state index contributed by atoms with van der Waals surface area (Å²) in [5.74, 6) is 0. The van der Waals surface area contributed by atoms with E-state index in [0.717, 1.165) is 5.57 Å². The van der Waals surface area contributed by atoms with Gasteiger partial charge in [-0.15, -0.1) is 11.3 Å². The number of allylic oxidation sites excluding steroid dienone is 2. The standard InChI is InChI=1S/C9H9NOS/c10-9-7(3-1-5-11-9)8-4-2-6-12-8/h1-6,9H,10H2. The Kier molecular flexibility index (Phi) is 1.98. The van der Waals surface area contributed by atoms with Gasteiger partial charge < -0.3 is 4.74 Å². The molecule has 0 fully saturated rings. The molecule has 2 nitrogen and oxygen atoms in total. The van der Waals surface area contributed by atoms with Crippen LogP contribution in [0.25, 0.3) is 5.57 Å². The molecule has 0 radical (unpaired) electrons. The summed E-state index contributed by atoms with van der Waals surface area (Å²) in [4.78, 5) is 1.17. The van der Waals surface area contributed by atoms with Crippen LogP contribution in [0.1, 0.15) is 4.88 Å². The van der Waals surface area contributed by atoms with Crippen molar-refractivity contribution in [3.63, 3.8) is 0 Å². The summed E-state index contributed by atoms with van der Waals surface area (Å²) in [6, 6.07) is 4.05. The first-order chi connectivity index (χ1) is 5.88. The lowest BCUT2D eigenvalue weighted by Crippen LogP contribution is -2.24. The average Bonchev–Trinajstić information content (AvgIpc) is 2.57. The van der Waals surface area contributed by atoms with E-state index in [0.29, 0.717) is 0 Å². The molecule has 1 atom stereocenters. The number of rotatable bonds is 1. The Morgan fingerprint density at radius 3 is 3.08 bits per heavy atom. The number of nitrogens with two attached hydrogens (primary N) is 1. The Labute approximate surface area is 75.0 Å². The van der Waals surface area contributed by atoms with E-state index in [9.17, 15) is 0 Å². The van der Waals surface area contributed by atoms with Gasteiger partial charge in [-0.1, -0.05) is 6.07 Å². The van der Waals surface area contributed by atoms with Crippen LogP contribution in [-0.2, 0) is 4.74 Å². The molecule has 12 heavy (non-hydrogen) atoms. The van der Waals surface area contributed by atoms with Crippen LogP contribution in [-0.4, -0.2) is 6.23 Å². The molecule has 1 aromatic rings. The molecule has 0 bridgehead atoms. The van der Waals surface area contributed by atoms with Crippen molar-refractivity contribution in [1.29, 1.82) is 0 Å². The predicted octanol–water partition coefficient (Wildman–Crippen LogP) is 1.96. The molecule has 0 saturated carbocycles. The minimum Gasteiger partial charge on any atom is -0.479 e. The predicted molar refractivity (Wildman–Crippen MR) is 50.5 cm³/mol. The fourth-order valence-corrected chi connectivity index (χ4v) is 1.89. The minimum atomic E-state index is -0.311. The molecule has 0 aliphatic carbocycles. The molecule has 2 N–H and O–H groups in total. The summed E-state index contributed by atoms with van der Waals surface area (Å²) in [6.07, 6.45) is 5.15. The van der Waals surface area contributed by atoms with Crippen LogP contribution < -0.4 is 5.73 Å². The maximum absolute atomic E-state index is 5.74. The highest BCUT2D eigenvalue weighted by molar-refractivity contribution is 7.11. The molecule has 1 aliphatic rings. The largest absolute Gasteiger partial charge is 0.479 e. The van der Waals surface area contributed by atoms with E-state index >= 15 is 0 Å². The van der Waals surface area contributed by atoms with Crippen LogP contribution in [0.5, 0.6) is 0 Å². The second-order valence-electron chi connectivity index (χ2n) is 2.48. The molecule has 0 amide bonds. The first kappa shape index (κ1) is 7.58. The van der Waals surface area contributed by atoms with Crippen LogP contribution in [0.2, 0.25) is 0 Å². The van der Waals surface area contributed by atoms with Gasteiger partial charge in [0, 0.05) is 10.5 Å². The number of hydrogen-bond donors (Lipinski definition) is 1. The lowest BCUT2D eigenvalue weighted by molar-refractivity contribution is 0.199. The Balaban J connectivity index is 2.34. The molecule has 3 heteroatoms. The number of ether oxygens (including phenoxy) is 1. The van der Waals surface area contributed by atoms with Gasteiger partial charge in [-0.2, -0.15) is 0 Å². The van der Waals surface area contributed by atoms with Crippen molar-refractivity contribution < 1.29 is 4.74 Å². The van der Waals surface area contributed by atoms with Gasteiger partial charge in [0.25, 0.3) is 0 Å². The third kappa shape index (κ3) is 1.29. The molecule has 62 valence electrons. The molecule has 1 aromatic heterocycles. The summed E-state index contributed by atoms with van der Waals surface area (Å²) in [5.41, 5.74) is 6.78. The van der Waals surface area contributed by atoms with Gasteiger partial charge in [0.2, 0.25) is 0 Å². The molecule has 0 spiro atoms. The quantitative estimate of drug-likeness (QED) is 0.715. The minimum absolute atomic E-state index is 0.311. The van der Waals surface area contributed by atoms with E-state index in [-0.39, 0.29) is 6.23 Å².